The van der Waals surface area contributed by atoms with Crippen molar-refractivity contribution in [1.82, 2.24) is 0 Å². The smallest absolute Gasteiger partial charge is 0.272 e. The van der Waals surface area contributed by atoms with Crippen LogP contribution >= 0.6 is 0 Å². The Kier molecular flexibility index (Phi) is 9.14. The molecule has 190 valence electrons. The summed E-state index contributed by atoms with van der Waals surface area (Å²) < 4.78 is 59.0. The van der Waals surface area contributed by atoms with E-state index >= 15 is 0 Å². The molecule has 10 heteroatoms. The molecule has 34 heavy (non-hydrogen) atoms. The van der Waals surface area contributed by atoms with Crippen molar-refractivity contribution in [3.8, 4) is 0 Å². The van der Waals surface area contributed by atoms with Crippen LogP contribution in [0.3, 0.4) is 0 Å². The minimum Gasteiger partial charge on any atom is -0.377 e. The third kappa shape index (κ3) is 6.14. The van der Waals surface area contributed by atoms with Gasteiger partial charge in [0.2, 0.25) is 0 Å². The first-order chi connectivity index (χ1) is 16.9. The molecule has 6 bridgehead atoms. The van der Waals surface area contributed by atoms with Gasteiger partial charge in [-0.15, -0.1) is 0 Å². The summed E-state index contributed by atoms with van der Waals surface area (Å²) in [4.78, 5) is 0. The van der Waals surface area contributed by atoms with Gasteiger partial charge in [0.15, 0.2) is 0 Å². The van der Waals surface area contributed by atoms with E-state index in [-0.39, 0.29) is 36.6 Å². The number of rotatable bonds is 3. The zero-order chi connectivity index (χ0) is 23.0. The molecule has 4 aliphatic heterocycles. The first-order valence-corrected chi connectivity index (χ1v) is 12.1. The average Bonchev–Trinajstić information content (AvgIpc) is 2.86. The van der Waals surface area contributed by atoms with Crippen LogP contribution in [0.25, 0.3) is 0 Å². The highest BCUT2D eigenvalue weighted by molar-refractivity contribution is 5.14. The highest BCUT2D eigenvalue weighted by Crippen LogP contribution is 2.43. The lowest BCUT2D eigenvalue weighted by Crippen LogP contribution is -2.76. The molecule has 6 rings (SSSR count). The van der Waals surface area contributed by atoms with Crippen LogP contribution < -0.4 is 0 Å². The molecule has 0 spiro atoms. The molecule has 1 aromatic rings. The van der Waals surface area contributed by atoms with E-state index in [1.165, 1.54) is 0 Å². The summed E-state index contributed by atoms with van der Waals surface area (Å²) in [6, 6.07) is 10.0. The Hall–Kier alpha value is -1.18. The van der Waals surface area contributed by atoms with Gasteiger partial charge >= 0.3 is 0 Å². The Morgan fingerprint density at radius 3 is 1.56 bits per heavy atom. The van der Waals surface area contributed by atoms with E-state index in [1.807, 2.05) is 30.3 Å². The monoisotopic (exact) mass is 482 g/mol. The molecule has 4 saturated heterocycles. The van der Waals surface area contributed by atoms with Gasteiger partial charge < -0.3 is 47.4 Å². The number of benzene rings is 1. The third-order valence-corrected chi connectivity index (χ3v) is 6.22. The van der Waals surface area contributed by atoms with E-state index in [9.17, 15) is 0 Å². The summed E-state index contributed by atoms with van der Waals surface area (Å²) in [6.45, 7) is 4.41. The molecule has 4 heterocycles. The van der Waals surface area contributed by atoms with Gasteiger partial charge in [0, 0.05) is 0 Å². The average molecular weight is 483 g/mol. The van der Waals surface area contributed by atoms with Crippen molar-refractivity contribution in [3.63, 3.8) is 0 Å². The number of hydrogen-bond donors (Lipinski definition) is 0. The fraction of sp³-hybridized carbons (Fsp3) is 0.750. The van der Waals surface area contributed by atoms with E-state index in [4.69, 9.17) is 47.4 Å². The van der Waals surface area contributed by atoms with E-state index in [0.717, 1.165) is 5.56 Å². The zero-order valence-corrected chi connectivity index (χ0v) is 19.3. The Morgan fingerprint density at radius 1 is 0.559 bits per heavy atom. The van der Waals surface area contributed by atoms with E-state index < -0.39 is 6.48 Å². The lowest BCUT2D eigenvalue weighted by molar-refractivity contribution is -0.489. The summed E-state index contributed by atoms with van der Waals surface area (Å²) in [5.41, 5.74) is 1.08. The number of hydrogen-bond acceptors (Lipinski definition) is 10. The SMILES string of the molecule is c1ccc(COC2[C@H]3OC4OC5[C@@H]3OCCOCCOCCOCCOCCO[C@@H]5[C@H]2O4)cc1. The second-order valence-electron chi connectivity index (χ2n) is 8.47. The lowest BCUT2D eigenvalue weighted by Gasteiger charge is -2.58. The van der Waals surface area contributed by atoms with Crippen LogP contribution in [0.2, 0.25) is 0 Å². The highest BCUT2D eigenvalue weighted by Gasteiger charge is 2.63. The molecule has 7 atom stereocenters. The molecule has 5 fully saturated rings. The van der Waals surface area contributed by atoms with Gasteiger partial charge in [-0.25, -0.2) is 0 Å². The van der Waals surface area contributed by atoms with Crippen molar-refractivity contribution in [3.05, 3.63) is 35.9 Å². The molecule has 0 radical (unpaired) electrons. The van der Waals surface area contributed by atoms with Crippen LogP contribution in [0, 0.1) is 0 Å². The molecule has 0 aromatic heterocycles. The largest absolute Gasteiger partial charge is 0.377 e. The van der Waals surface area contributed by atoms with Crippen molar-refractivity contribution in [2.24, 2.45) is 0 Å². The maximum Gasteiger partial charge on any atom is 0.272 e. The topological polar surface area (TPSA) is 92.3 Å². The van der Waals surface area contributed by atoms with Gasteiger partial charge in [0.25, 0.3) is 6.48 Å². The fourth-order valence-corrected chi connectivity index (χ4v) is 4.65. The van der Waals surface area contributed by atoms with Gasteiger partial charge in [0.05, 0.1) is 72.7 Å². The summed E-state index contributed by atoms with van der Waals surface area (Å²) in [7, 11) is 0. The van der Waals surface area contributed by atoms with Gasteiger partial charge in [-0.1, -0.05) is 30.3 Å². The number of ether oxygens (including phenoxy) is 10. The minimum absolute atomic E-state index is 0.322. The Balaban J connectivity index is 1.25. The lowest BCUT2D eigenvalue weighted by atomic mass is 9.82. The summed E-state index contributed by atoms with van der Waals surface area (Å²) >= 11 is 0. The third-order valence-electron chi connectivity index (χ3n) is 6.22. The first kappa shape index (κ1) is 24.5. The molecule has 5 aliphatic rings. The second-order valence-corrected chi connectivity index (χ2v) is 8.47. The zero-order valence-electron chi connectivity index (χ0n) is 19.3. The molecular formula is C24H34O10. The molecule has 1 aromatic carbocycles. The first-order valence-electron chi connectivity index (χ1n) is 12.1. The van der Waals surface area contributed by atoms with E-state index in [1.54, 1.807) is 0 Å². The van der Waals surface area contributed by atoms with Crippen LogP contribution in [-0.2, 0) is 54.0 Å². The molecule has 1 saturated carbocycles. The maximum atomic E-state index is 6.33. The van der Waals surface area contributed by atoms with Crippen LogP contribution in [0.5, 0.6) is 0 Å². The van der Waals surface area contributed by atoms with Gasteiger partial charge in [-0.3, -0.25) is 0 Å². The predicted molar refractivity (Wildman–Crippen MR) is 116 cm³/mol. The van der Waals surface area contributed by atoms with Crippen LogP contribution in [0.15, 0.2) is 30.3 Å². The Bertz CT molecular complexity index is 685. The van der Waals surface area contributed by atoms with Gasteiger partial charge in [0.1, 0.15) is 36.6 Å². The van der Waals surface area contributed by atoms with E-state index in [2.05, 4.69) is 0 Å². The standard InChI is InChI=1S/C24H34O10/c1-2-4-17(5-3-1)16-31-20-22-18-21-19(23(20)34-24(32-21)33-22)30-15-13-28-11-9-26-7-6-25-8-10-27-12-14-29-18/h1-5,18-24H,6-16H2/t18-,19-,20?,21?,22-,23+,24?/m0/s1. The normalized spacial score (nSPS) is 38.1. The molecule has 1 aliphatic carbocycles. The van der Waals surface area contributed by atoms with E-state index in [0.29, 0.717) is 72.7 Å². The van der Waals surface area contributed by atoms with Crippen LogP contribution in [-0.4, -0.2) is 109 Å². The molecular weight excluding hydrogens is 448 g/mol. The Labute approximate surface area is 199 Å². The summed E-state index contributed by atoms with van der Waals surface area (Å²) in [6.07, 6.45) is -2.05. The van der Waals surface area contributed by atoms with Crippen molar-refractivity contribution in [2.45, 2.75) is 49.7 Å². The minimum atomic E-state index is -0.736. The highest BCUT2D eigenvalue weighted by atomic mass is 16.9. The van der Waals surface area contributed by atoms with Crippen molar-refractivity contribution in [2.75, 3.05) is 66.1 Å². The van der Waals surface area contributed by atoms with Gasteiger partial charge in [-0.05, 0) is 5.56 Å². The fourth-order valence-electron chi connectivity index (χ4n) is 4.65. The molecule has 0 N–H and O–H groups in total. The quantitative estimate of drug-likeness (QED) is 0.619. The maximum absolute atomic E-state index is 6.33. The van der Waals surface area contributed by atoms with Crippen molar-refractivity contribution < 1.29 is 47.4 Å². The predicted octanol–water partition coefficient (Wildman–Crippen LogP) is 0.902. The molecule has 3 unspecified atom stereocenters. The van der Waals surface area contributed by atoms with Crippen LogP contribution in [0.4, 0.5) is 0 Å². The molecule has 0 amide bonds. The van der Waals surface area contributed by atoms with Crippen molar-refractivity contribution in [1.29, 1.82) is 0 Å². The van der Waals surface area contributed by atoms with Gasteiger partial charge in [-0.2, -0.15) is 0 Å². The second kappa shape index (κ2) is 12.7. The summed E-state index contributed by atoms with van der Waals surface area (Å²) in [5, 5.41) is 0. The van der Waals surface area contributed by atoms with Crippen molar-refractivity contribution >= 4 is 0 Å². The summed E-state index contributed by atoms with van der Waals surface area (Å²) in [5.74, 6) is 0. The Morgan fingerprint density at radius 2 is 1.03 bits per heavy atom. The molecule has 10 nitrogen and oxygen atoms in total. The van der Waals surface area contributed by atoms with Crippen LogP contribution in [0.1, 0.15) is 5.56 Å².